The lowest BCUT2D eigenvalue weighted by Gasteiger charge is -2.33. The predicted octanol–water partition coefficient (Wildman–Crippen LogP) is 3.15. The van der Waals surface area contributed by atoms with Gasteiger partial charge in [-0.2, -0.15) is 0 Å². The number of hydrogen-bond acceptors (Lipinski definition) is 3. The number of aryl methyl sites for hydroxylation is 1. The van der Waals surface area contributed by atoms with Crippen LogP contribution in [0.1, 0.15) is 37.7 Å². The van der Waals surface area contributed by atoms with Crippen LogP contribution in [0.3, 0.4) is 0 Å². The third-order valence-electron chi connectivity index (χ3n) is 5.57. The van der Waals surface area contributed by atoms with E-state index in [-0.39, 0.29) is 11.8 Å². The highest BCUT2D eigenvalue weighted by Gasteiger charge is 2.25. The van der Waals surface area contributed by atoms with Crippen LogP contribution in [0.5, 0.6) is 0 Å². The van der Waals surface area contributed by atoms with Gasteiger partial charge in [-0.05, 0) is 43.2 Å². The van der Waals surface area contributed by atoms with Crippen LogP contribution >= 0.6 is 11.6 Å². The molecule has 2 aliphatic rings. The molecule has 148 valence electrons. The molecule has 1 unspecified atom stereocenters. The number of ether oxygens (including phenoxy) is 1. The van der Waals surface area contributed by atoms with Crippen molar-refractivity contribution >= 4 is 23.4 Å². The Morgan fingerprint density at radius 2 is 1.78 bits per heavy atom. The number of halogens is 1. The van der Waals surface area contributed by atoms with E-state index in [9.17, 15) is 9.59 Å². The SMILES string of the molecule is O=C(CCC1CCCN(C(=O)CCc2ccccc2Cl)C1)N1CCOCC1. The van der Waals surface area contributed by atoms with Crippen molar-refractivity contribution < 1.29 is 14.3 Å². The van der Waals surface area contributed by atoms with Crippen molar-refractivity contribution in [2.75, 3.05) is 39.4 Å². The van der Waals surface area contributed by atoms with E-state index in [1.54, 1.807) is 0 Å². The molecule has 0 spiro atoms. The van der Waals surface area contributed by atoms with E-state index < -0.39 is 0 Å². The molecule has 2 fully saturated rings. The van der Waals surface area contributed by atoms with Crippen molar-refractivity contribution in [2.45, 2.75) is 38.5 Å². The maximum absolute atomic E-state index is 12.6. The van der Waals surface area contributed by atoms with Crippen LogP contribution in [0, 0.1) is 5.92 Å². The Hall–Kier alpha value is -1.59. The molecule has 1 atom stereocenters. The van der Waals surface area contributed by atoms with E-state index in [1.165, 1.54) is 0 Å². The molecule has 2 heterocycles. The second-order valence-electron chi connectivity index (χ2n) is 7.47. The Morgan fingerprint density at radius 1 is 1.04 bits per heavy atom. The summed E-state index contributed by atoms with van der Waals surface area (Å²) in [5, 5.41) is 0.725. The van der Waals surface area contributed by atoms with E-state index >= 15 is 0 Å². The van der Waals surface area contributed by atoms with Gasteiger partial charge in [0.2, 0.25) is 11.8 Å². The van der Waals surface area contributed by atoms with Gasteiger partial charge in [0.05, 0.1) is 13.2 Å². The Morgan fingerprint density at radius 3 is 2.56 bits per heavy atom. The fourth-order valence-electron chi connectivity index (χ4n) is 3.93. The lowest BCUT2D eigenvalue weighted by Crippen LogP contribution is -2.42. The molecular weight excluding hydrogens is 364 g/mol. The number of likely N-dealkylation sites (tertiary alicyclic amines) is 1. The van der Waals surface area contributed by atoms with E-state index in [1.807, 2.05) is 34.1 Å². The fraction of sp³-hybridized carbons (Fsp3) is 0.619. The molecule has 2 aliphatic heterocycles. The number of hydrogen-bond donors (Lipinski definition) is 0. The molecule has 5 nitrogen and oxygen atoms in total. The molecule has 6 heteroatoms. The van der Waals surface area contributed by atoms with Gasteiger partial charge in [0, 0.05) is 44.0 Å². The lowest BCUT2D eigenvalue weighted by atomic mass is 9.92. The molecule has 0 bridgehead atoms. The summed E-state index contributed by atoms with van der Waals surface area (Å²) >= 11 is 6.18. The fourth-order valence-corrected chi connectivity index (χ4v) is 4.16. The number of morpholine rings is 1. The largest absolute Gasteiger partial charge is 0.378 e. The van der Waals surface area contributed by atoms with Gasteiger partial charge in [0.25, 0.3) is 0 Å². The van der Waals surface area contributed by atoms with Crippen LogP contribution in [0.2, 0.25) is 5.02 Å². The molecule has 27 heavy (non-hydrogen) atoms. The minimum Gasteiger partial charge on any atom is -0.378 e. The monoisotopic (exact) mass is 392 g/mol. The van der Waals surface area contributed by atoms with Gasteiger partial charge in [-0.1, -0.05) is 29.8 Å². The van der Waals surface area contributed by atoms with Gasteiger partial charge in [-0.15, -0.1) is 0 Å². The van der Waals surface area contributed by atoms with Crippen LogP contribution in [-0.2, 0) is 20.7 Å². The summed E-state index contributed by atoms with van der Waals surface area (Å²) in [6.45, 7) is 4.30. The van der Waals surface area contributed by atoms with E-state index in [0.717, 1.165) is 42.9 Å². The second kappa shape index (κ2) is 10.1. The van der Waals surface area contributed by atoms with Gasteiger partial charge < -0.3 is 14.5 Å². The third-order valence-corrected chi connectivity index (χ3v) is 5.94. The minimum absolute atomic E-state index is 0.194. The minimum atomic E-state index is 0.194. The lowest BCUT2D eigenvalue weighted by molar-refractivity contribution is -0.135. The van der Waals surface area contributed by atoms with Crippen LogP contribution < -0.4 is 0 Å². The van der Waals surface area contributed by atoms with Crippen molar-refractivity contribution in [3.63, 3.8) is 0 Å². The molecule has 2 amide bonds. The Labute approximate surface area is 166 Å². The Kier molecular flexibility index (Phi) is 7.53. The number of piperidine rings is 1. The topological polar surface area (TPSA) is 49.9 Å². The van der Waals surface area contributed by atoms with Crippen LogP contribution in [0.25, 0.3) is 0 Å². The first-order valence-electron chi connectivity index (χ1n) is 10.00. The molecule has 0 radical (unpaired) electrons. The van der Waals surface area contributed by atoms with Crippen molar-refractivity contribution in [1.82, 2.24) is 9.80 Å². The summed E-state index contributed by atoms with van der Waals surface area (Å²) < 4.78 is 5.30. The van der Waals surface area contributed by atoms with E-state index in [2.05, 4.69) is 0 Å². The highest BCUT2D eigenvalue weighted by molar-refractivity contribution is 6.31. The average Bonchev–Trinajstić information content (AvgIpc) is 2.72. The second-order valence-corrected chi connectivity index (χ2v) is 7.88. The Bertz CT molecular complexity index is 646. The number of carbonyl (C=O) groups excluding carboxylic acids is 2. The number of nitrogens with zero attached hydrogens (tertiary/aromatic N) is 2. The smallest absolute Gasteiger partial charge is 0.222 e. The highest BCUT2D eigenvalue weighted by Crippen LogP contribution is 2.23. The van der Waals surface area contributed by atoms with E-state index in [0.29, 0.717) is 51.5 Å². The molecule has 3 rings (SSSR count). The quantitative estimate of drug-likeness (QED) is 0.747. The number of amides is 2. The van der Waals surface area contributed by atoms with Gasteiger partial charge in [0.15, 0.2) is 0 Å². The first-order chi connectivity index (χ1) is 13.1. The summed E-state index contributed by atoms with van der Waals surface area (Å²) in [5.74, 6) is 0.840. The molecule has 0 aliphatic carbocycles. The first kappa shape index (κ1) is 20.2. The highest BCUT2D eigenvalue weighted by atomic mass is 35.5. The van der Waals surface area contributed by atoms with Crippen molar-refractivity contribution in [3.05, 3.63) is 34.9 Å². The summed E-state index contributed by atoms with van der Waals surface area (Å²) in [6, 6.07) is 7.70. The summed E-state index contributed by atoms with van der Waals surface area (Å²) in [4.78, 5) is 28.8. The zero-order valence-electron chi connectivity index (χ0n) is 15.9. The van der Waals surface area contributed by atoms with Gasteiger partial charge >= 0.3 is 0 Å². The van der Waals surface area contributed by atoms with E-state index in [4.69, 9.17) is 16.3 Å². The molecular formula is C21H29ClN2O3. The van der Waals surface area contributed by atoms with Crippen molar-refractivity contribution in [1.29, 1.82) is 0 Å². The summed E-state index contributed by atoms with van der Waals surface area (Å²) in [6.07, 6.45) is 4.73. The summed E-state index contributed by atoms with van der Waals surface area (Å²) in [5.41, 5.74) is 1.03. The van der Waals surface area contributed by atoms with Crippen LogP contribution in [0.4, 0.5) is 0 Å². The number of benzene rings is 1. The number of rotatable bonds is 6. The molecule has 0 N–H and O–H groups in total. The first-order valence-corrected chi connectivity index (χ1v) is 10.4. The van der Waals surface area contributed by atoms with Crippen LogP contribution in [-0.4, -0.2) is 61.0 Å². The van der Waals surface area contributed by atoms with Crippen LogP contribution in [0.15, 0.2) is 24.3 Å². The summed E-state index contributed by atoms with van der Waals surface area (Å²) in [7, 11) is 0. The maximum atomic E-state index is 12.6. The molecule has 0 aromatic heterocycles. The van der Waals surface area contributed by atoms with Crippen molar-refractivity contribution in [2.24, 2.45) is 5.92 Å². The van der Waals surface area contributed by atoms with Gasteiger partial charge in [-0.25, -0.2) is 0 Å². The Balaban J connectivity index is 1.42. The predicted molar refractivity (Wildman–Crippen MR) is 106 cm³/mol. The molecule has 1 aromatic rings. The molecule has 1 aromatic carbocycles. The number of carbonyl (C=O) groups is 2. The maximum Gasteiger partial charge on any atom is 0.222 e. The molecule has 0 saturated carbocycles. The molecule has 2 saturated heterocycles. The normalized spacial score (nSPS) is 20.6. The zero-order valence-corrected chi connectivity index (χ0v) is 16.6. The van der Waals surface area contributed by atoms with Gasteiger partial charge in [-0.3, -0.25) is 9.59 Å². The zero-order chi connectivity index (χ0) is 19.1. The third kappa shape index (κ3) is 5.94. The van der Waals surface area contributed by atoms with Crippen molar-refractivity contribution in [3.8, 4) is 0 Å². The van der Waals surface area contributed by atoms with Gasteiger partial charge in [0.1, 0.15) is 0 Å². The average molecular weight is 393 g/mol. The standard InChI is InChI=1S/C21H29ClN2O3/c22-19-6-2-1-5-18(19)8-10-21(26)24-11-3-4-17(16-24)7-9-20(25)23-12-14-27-15-13-23/h1-2,5-6,17H,3-4,7-16H2.